The molecule has 0 aliphatic rings. The van der Waals surface area contributed by atoms with Gasteiger partial charge in [-0.05, 0) is 13.0 Å². The highest BCUT2D eigenvalue weighted by Gasteiger charge is 2.31. The van der Waals surface area contributed by atoms with E-state index in [-0.39, 0.29) is 0 Å². The summed E-state index contributed by atoms with van der Waals surface area (Å²) < 4.78 is 36.7. The van der Waals surface area contributed by atoms with Gasteiger partial charge in [0.25, 0.3) is 0 Å². The Kier molecular flexibility index (Phi) is 4.09. The highest BCUT2D eigenvalue weighted by atomic mass is 19.4. The first-order valence-corrected chi connectivity index (χ1v) is 5.28. The Morgan fingerprint density at radius 2 is 1.88 bits per heavy atom. The fraction of sp³-hybridized carbons (Fsp3) is 0.455. The van der Waals surface area contributed by atoms with E-state index < -0.39 is 11.7 Å². The molecule has 2 aromatic heterocycles. The van der Waals surface area contributed by atoms with Gasteiger partial charge in [0.2, 0.25) is 0 Å². The number of hydrogen-bond donors (Lipinski definition) is 1. The molecule has 0 atom stereocenters. The number of hydrogen-bond acceptors (Lipinski definition) is 2. The Morgan fingerprint density at radius 1 is 1.29 bits per heavy atom. The van der Waals surface area contributed by atoms with Crippen molar-refractivity contribution in [1.29, 1.82) is 0 Å². The fourth-order valence-electron chi connectivity index (χ4n) is 1.18. The number of halogens is 3. The summed E-state index contributed by atoms with van der Waals surface area (Å²) in [6, 6.07) is 1.00. The first-order valence-electron chi connectivity index (χ1n) is 5.28. The number of nitrogens with one attached hydrogen (secondary N) is 1. The number of fused-ring (bicyclic) bond motifs is 1. The van der Waals surface area contributed by atoms with Gasteiger partial charge in [0.1, 0.15) is 5.82 Å². The van der Waals surface area contributed by atoms with Crippen molar-refractivity contribution in [3.8, 4) is 0 Å². The molecule has 0 spiro atoms. The van der Waals surface area contributed by atoms with Crippen LogP contribution in [0.2, 0.25) is 0 Å². The first-order chi connectivity index (χ1) is 7.88. The summed E-state index contributed by atoms with van der Waals surface area (Å²) >= 11 is 0. The van der Waals surface area contributed by atoms with Crippen molar-refractivity contribution in [3.05, 3.63) is 23.7 Å². The lowest BCUT2D eigenvalue weighted by Crippen LogP contribution is -2.05. The summed E-state index contributed by atoms with van der Waals surface area (Å²) in [6.45, 7) is 5.91. The molecule has 0 aliphatic carbocycles. The molecule has 17 heavy (non-hydrogen) atoms. The van der Waals surface area contributed by atoms with Crippen LogP contribution in [-0.4, -0.2) is 15.0 Å². The van der Waals surface area contributed by atoms with Gasteiger partial charge in [-0.1, -0.05) is 20.3 Å². The van der Waals surface area contributed by atoms with Crippen molar-refractivity contribution in [2.24, 2.45) is 0 Å². The summed E-state index contributed by atoms with van der Waals surface area (Å²) in [7, 11) is 0. The smallest absolute Gasteiger partial charge is 0.341 e. The van der Waals surface area contributed by atoms with Gasteiger partial charge in [-0.2, -0.15) is 13.2 Å². The van der Waals surface area contributed by atoms with E-state index in [1.807, 2.05) is 0 Å². The predicted octanol–water partition coefficient (Wildman–Crippen LogP) is 3.70. The van der Waals surface area contributed by atoms with E-state index in [2.05, 4.69) is 28.8 Å². The molecule has 0 aromatic carbocycles. The molecule has 2 aromatic rings. The predicted molar refractivity (Wildman–Crippen MR) is 59.6 cm³/mol. The van der Waals surface area contributed by atoms with Gasteiger partial charge in [0.15, 0.2) is 5.65 Å². The molecule has 0 saturated heterocycles. The number of aromatic amines is 1. The highest BCUT2D eigenvalue weighted by Crippen LogP contribution is 2.29. The summed E-state index contributed by atoms with van der Waals surface area (Å²) in [5, 5.41) is 0. The van der Waals surface area contributed by atoms with Gasteiger partial charge in [-0.15, -0.1) is 0 Å². The minimum Gasteiger partial charge on any atom is -0.341 e. The number of nitrogens with zero attached hydrogens (tertiary/aromatic N) is 2. The normalized spacial score (nSPS) is 11.2. The summed E-state index contributed by atoms with van der Waals surface area (Å²) in [5.74, 6) is 0.548. The number of H-pyrrole nitrogens is 1. The van der Waals surface area contributed by atoms with Crippen LogP contribution in [0.4, 0.5) is 13.2 Å². The molecule has 1 N–H and O–H groups in total. The summed E-state index contributed by atoms with van der Waals surface area (Å²) in [6.07, 6.45) is -2.33. The third-order valence-corrected chi connectivity index (χ3v) is 1.78. The lowest BCUT2D eigenvalue weighted by Gasteiger charge is -2.04. The zero-order chi connectivity index (χ0) is 13.1. The maximum Gasteiger partial charge on any atom is 0.417 e. The molecule has 6 heteroatoms. The number of imidazole rings is 1. The maximum absolute atomic E-state index is 12.2. The molecule has 2 rings (SSSR count). The van der Waals surface area contributed by atoms with E-state index in [0.29, 0.717) is 17.0 Å². The van der Waals surface area contributed by atoms with E-state index >= 15 is 0 Å². The minimum absolute atomic E-state index is 0.301. The standard InChI is InChI=1S/C8H6F3N3.C3H8/c1-4-13-6-2-5(8(9,10)11)3-12-7(6)14-4;1-3-2/h2-3H,1H3,(H,12,13,14);3H2,1-2H3. The second-order valence-electron chi connectivity index (χ2n) is 3.62. The molecule has 0 saturated carbocycles. The fourth-order valence-corrected chi connectivity index (χ4v) is 1.18. The molecule has 94 valence electrons. The number of aromatic nitrogens is 3. The second-order valence-corrected chi connectivity index (χ2v) is 3.62. The molecule has 0 aliphatic heterocycles. The Hall–Kier alpha value is -1.59. The molecular weight excluding hydrogens is 231 g/mol. The minimum atomic E-state index is -4.36. The Morgan fingerprint density at radius 3 is 2.41 bits per heavy atom. The van der Waals surface area contributed by atoms with E-state index in [9.17, 15) is 13.2 Å². The topological polar surface area (TPSA) is 41.6 Å². The average Bonchev–Trinajstić information content (AvgIpc) is 2.56. The Balaban J connectivity index is 0.000000437. The maximum atomic E-state index is 12.2. The van der Waals surface area contributed by atoms with Crippen molar-refractivity contribution in [1.82, 2.24) is 15.0 Å². The van der Waals surface area contributed by atoms with Crippen LogP contribution >= 0.6 is 0 Å². The molecule has 0 fully saturated rings. The van der Waals surface area contributed by atoms with Crippen LogP contribution in [0.1, 0.15) is 31.7 Å². The molecule has 0 amide bonds. The zero-order valence-corrected chi connectivity index (χ0v) is 9.89. The van der Waals surface area contributed by atoms with Gasteiger partial charge in [-0.25, -0.2) is 9.97 Å². The monoisotopic (exact) mass is 245 g/mol. The first kappa shape index (κ1) is 13.5. The largest absolute Gasteiger partial charge is 0.417 e. The van der Waals surface area contributed by atoms with Gasteiger partial charge < -0.3 is 4.98 Å². The molecular formula is C11H14F3N3. The number of pyridine rings is 1. The van der Waals surface area contributed by atoms with Crippen LogP contribution in [0.25, 0.3) is 11.2 Å². The van der Waals surface area contributed by atoms with E-state index in [1.165, 1.54) is 6.42 Å². The highest BCUT2D eigenvalue weighted by molar-refractivity contribution is 5.71. The third kappa shape index (κ3) is 3.44. The quantitative estimate of drug-likeness (QED) is 0.768. The third-order valence-electron chi connectivity index (χ3n) is 1.78. The Bertz CT molecular complexity index is 488. The second kappa shape index (κ2) is 5.16. The van der Waals surface area contributed by atoms with Crippen LogP contribution in [0.3, 0.4) is 0 Å². The van der Waals surface area contributed by atoms with Crippen molar-refractivity contribution in [3.63, 3.8) is 0 Å². The van der Waals surface area contributed by atoms with E-state index in [0.717, 1.165) is 12.3 Å². The van der Waals surface area contributed by atoms with Crippen molar-refractivity contribution in [2.45, 2.75) is 33.4 Å². The summed E-state index contributed by atoms with van der Waals surface area (Å²) in [4.78, 5) is 10.2. The molecule has 3 nitrogen and oxygen atoms in total. The van der Waals surface area contributed by atoms with Gasteiger partial charge >= 0.3 is 6.18 Å². The van der Waals surface area contributed by atoms with Crippen molar-refractivity contribution >= 4 is 11.2 Å². The van der Waals surface area contributed by atoms with Crippen LogP contribution in [-0.2, 0) is 6.18 Å². The molecule has 0 radical (unpaired) electrons. The molecule has 2 heterocycles. The zero-order valence-electron chi connectivity index (χ0n) is 9.89. The summed E-state index contributed by atoms with van der Waals surface area (Å²) in [5.41, 5.74) is -0.165. The van der Waals surface area contributed by atoms with Gasteiger partial charge in [0.05, 0.1) is 11.1 Å². The average molecular weight is 245 g/mol. The van der Waals surface area contributed by atoms with Crippen LogP contribution in [0.15, 0.2) is 12.3 Å². The number of alkyl halides is 3. The van der Waals surface area contributed by atoms with Crippen LogP contribution in [0, 0.1) is 6.92 Å². The lowest BCUT2D eigenvalue weighted by atomic mass is 10.2. The molecule has 0 unspecified atom stereocenters. The van der Waals surface area contributed by atoms with Crippen molar-refractivity contribution < 1.29 is 13.2 Å². The van der Waals surface area contributed by atoms with Gasteiger partial charge in [-0.3, -0.25) is 0 Å². The van der Waals surface area contributed by atoms with E-state index in [4.69, 9.17) is 0 Å². The van der Waals surface area contributed by atoms with Crippen molar-refractivity contribution in [2.75, 3.05) is 0 Å². The van der Waals surface area contributed by atoms with Crippen LogP contribution in [0.5, 0.6) is 0 Å². The number of rotatable bonds is 0. The van der Waals surface area contributed by atoms with Gasteiger partial charge in [0, 0.05) is 6.20 Å². The van der Waals surface area contributed by atoms with Crippen LogP contribution < -0.4 is 0 Å². The Labute approximate surface area is 97.1 Å². The lowest BCUT2D eigenvalue weighted by molar-refractivity contribution is -0.137. The molecule has 0 bridgehead atoms. The van der Waals surface area contributed by atoms with E-state index in [1.54, 1.807) is 6.92 Å². The SMILES string of the molecule is CCC.Cc1nc2ncc(C(F)(F)F)cc2[nH]1. The number of aryl methyl sites for hydroxylation is 1.